The quantitative estimate of drug-likeness (QED) is 0.475. The van der Waals surface area contributed by atoms with Gasteiger partial charge in [0.25, 0.3) is 0 Å². The zero-order chi connectivity index (χ0) is 23.4. The Labute approximate surface area is 190 Å². The van der Waals surface area contributed by atoms with Crippen molar-refractivity contribution in [2.45, 2.75) is 24.5 Å². The number of alkyl carbamates (subject to hydrolysis) is 1. The Balaban J connectivity index is 1.22. The Morgan fingerprint density at radius 2 is 1.67 bits per heavy atom. The number of amides is 2. The molecule has 0 spiro atoms. The lowest BCUT2D eigenvalue weighted by Crippen LogP contribution is -2.39. The van der Waals surface area contributed by atoms with E-state index in [0.29, 0.717) is 6.42 Å². The van der Waals surface area contributed by atoms with Gasteiger partial charge in [0.2, 0.25) is 5.91 Å². The first-order chi connectivity index (χ1) is 15.9. The van der Waals surface area contributed by atoms with Crippen LogP contribution in [0.15, 0.2) is 48.5 Å². The molecule has 1 aliphatic carbocycles. The van der Waals surface area contributed by atoms with Crippen molar-refractivity contribution in [3.05, 3.63) is 59.7 Å². The Morgan fingerprint density at radius 3 is 2.30 bits per heavy atom. The van der Waals surface area contributed by atoms with Crippen LogP contribution in [0.3, 0.4) is 0 Å². The SMILES string of the molecule is O=C(NC[C@@H]1C[C@H](C(=O)NC[C@H](O)C(=O)O)CO1)OCC1c2ccccc2-c2ccccc21. The Bertz CT molecular complexity index is 995. The lowest BCUT2D eigenvalue weighted by Gasteiger charge is -2.16. The Hall–Kier alpha value is -3.43. The second-order valence-electron chi connectivity index (χ2n) is 8.19. The van der Waals surface area contributed by atoms with Gasteiger partial charge in [-0.05, 0) is 28.7 Å². The standard InChI is InChI=1S/C24H26N2O7/c27-21(23(29)30)11-25-22(28)14-9-15(32-12-14)10-26-24(31)33-13-20-18-7-3-1-5-16(18)17-6-2-4-8-19(17)20/h1-8,14-15,20-21,27H,9-13H2,(H,25,28)(H,26,31)(H,29,30)/t14-,15-,21-/m0/s1. The summed E-state index contributed by atoms with van der Waals surface area (Å²) in [4.78, 5) is 35.0. The number of hydrogen-bond acceptors (Lipinski definition) is 6. The number of benzene rings is 2. The highest BCUT2D eigenvalue weighted by molar-refractivity contribution is 5.80. The van der Waals surface area contributed by atoms with Gasteiger partial charge in [-0.15, -0.1) is 0 Å². The average molecular weight is 454 g/mol. The summed E-state index contributed by atoms with van der Waals surface area (Å²) in [6.07, 6.45) is -2.19. The van der Waals surface area contributed by atoms with Gasteiger partial charge in [-0.2, -0.15) is 0 Å². The number of carboxylic acid groups (broad SMARTS) is 1. The van der Waals surface area contributed by atoms with Crippen LogP contribution >= 0.6 is 0 Å². The molecule has 174 valence electrons. The number of aliphatic carboxylic acids is 1. The zero-order valence-electron chi connectivity index (χ0n) is 17.9. The van der Waals surface area contributed by atoms with Gasteiger partial charge in [-0.3, -0.25) is 4.79 Å². The third-order valence-electron chi connectivity index (χ3n) is 6.02. The van der Waals surface area contributed by atoms with Gasteiger partial charge in [-0.25, -0.2) is 9.59 Å². The highest BCUT2D eigenvalue weighted by Crippen LogP contribution is 2.44. The van der Waals surface area contributed by atoms with Crippen molar-refractivity contribution in [2.24, 2.45) is 5.92 Å². The number of fused-ring (bicyclic) bond motifs is 3. The molecule has 1 aliphatic heterocycles. The summed E-state index contributed by atoms with van der Waals surface area (Å²) in [6, 6.07) is 16.2. The largest absolute Gasteiger partial charge is 0.479 e. The van der Waals surface area contributed by atoms with E-state index in [-0.39, 0.29) is 44.2 Å². The predicted octanol–water partition coefficient (Wildman–Crippen LogP) is 1.49. The molecule has 0 unspecified atom stereocenters. The average Bonchev–Trinajstić information content (AvgIpc) is 3.42. The molecule has 2 aromatic rings. The summed E-state index contributed by atoms with van der Waals surface area (Å²) in [6.45, 7) is 0.194. The van der Waals surface area contributed by atoms with Crippen molar-refractivity contribution in [2.75, 3.05) is 26.3 Å². The number of carboxylic acids is 1. The molecule has 0 aromatic heterocycles. The molecule has 1 heterocycles. The monoisotopic (exact) mass is 454 g/mol. The van der Waals surface area contributed by atoms with E-state index >= 15 is 0 Å². The molecule has 4 N–H and O–H groups in total. The van der Waals surface area contributed by atoms with Crippen molar-refractivity contribution in [1.82, 2.24) is 10.6 Å². The first kappa shape index (κ1) is 22.8. The number of hydrogen-bond donors (Lipinski definition) is 4. The van der Waals surface area contributed by atoms with Crippen LogP contribution in [0.2, 0.25) is 0 Å². The number of carbonyl (C=O) groups excluding carboxylic acids is 2. The normalized spacial score (nSPS) is 19.9. The fourth-order valence-electron chi connectivity index (χ4n) is 4.31. The van der Waals surface area contributed by atoms with Crippen molar-refractivity contribution in [1.29, 1.82) is 0 Å². The summed E-state index contributed by atoms with van der Waals surface area (Å²) < 4.78 is 11.0. The number of nitrogens with one attached hydrogen (secondary N) is 2. The minimum absolute atomic E-state index is 0.0277. The molecule has 1 saturated heterocycles. The van der Waals surface area contributed by atoms with Crippen LogP contribution in [0.25, 0.3) is 11.1 Å². The molecule has 0 bridgehead atoms. The smallest absolute Gasteiger partial charge is 0.407 e. The van der Waals surface area contributed by atoms with Gasteiger partial charge in [0, 0.05) is 12.5 Å². The van der Waals surface area contributed by atoms with Gasteiger partial charge in [0.15, 0.2) is 6.10 Å². The Kier molecular flexibility index (Phi) is 6.90. The highest BCUT2D eigenvalue weighted by Gasteiger charge is 2.32. The second kappa shape index (κ2) is 10.0. The van der Waals surface area contributed by atoms with Crippen LogP contribution in [-0.2, 0) is 19.1 Å². The molecule has 4 rings (SSSR count). The van der Waals surface area contributed by atoms with E-state index in [9.17, 15) is 19.5 Å². The first-order valence-electron chi connectivity index (χ1n) is 10.8. The number of aliphatic hydroxyl groups excluding tert-OH is 1. The summed E-state index contributed by atoms with van der Waals surface area (Å²) in [5.41, 5.74) is 4.57. The lowest BCUT2D eigenvalue weighted by molar-refractivity contribution is -0.146. The number of aliphatic hydroxyl groups is 1. The minimum atomic E-state index is -1.65. The minimum Gasteiger partial charge on any atom is -0.479 e. The third-order valence-corrected chi connectivity index (χ3v) is 6.02. The maximum atomic E-state index is 12.3. The molecule has 9 nitrogen and oxygen atoms in total. The fourth-order valence-corrected chi connectivity index (χ4v) is 4.31. The van der Waals surface area contributed by atoms with E-state index in [1.807, 2.05) is 36.4 Å². The number of ether oxygens (including phenoxy) is 2. The van der Waals surface area contributed by atoms with Crippen LogP contribution in [0.1, 0.15) is 23.5 Å². The van der Waals surface area contributed by atoms with Crippen molar-refractivity contribution >= 4 is 18.0 Å². The van der Waals surface area contributed by atoms with Crippen molar-refractivity contribution < 1.29 is 34.1 Å². The summed E-state index contributed by atoms with van der Waals surface area (Å²) in [5.74, 6) is -2.29. The van der Waals surface area contributed by atoms with Crippen molar-refractivity contribution in [3.63, 3.8) is 0 Å². The van der Waals surface area contributed by atoms with Crippen LogP contribution in [0, 0.1) is 5.92 Å². The summed E-state index contributed by atoms with van der Waals surface area (Å²) in [5, 5.41) is 23.0. The van der Waals surface area contributed by atoms with Crippen LogP contribution in [0.4, 0.5) is 4.79 Å². The molecule has 3 atom stereocenters. The molecule has 2 amide bonds. The van der Waals surface area contributed by atoms with Gasteiger partial charge in [0.05, 0.1) is 25.2 Å². The van der Waals surface area contributed by atoms with Gasteiger partial charge in [0.1, 0.15) is 6.61 Å². The van der Waals surface area contributed by atoms with Crippen molar-refractivity contribution in [3.8, 4) is 11.1 Å². The molecular weight excluding hydrogens is 428 g/mol. The maximum Gasteiger partial charge on any atom is 0.407 e. The predicted molar refractivity (Wildman–Crippen MR) is 118 cm³/mol. The molecular formula is C24H26N2O7. The number of carbonyl (C=O) groups is 3. The Morgan fingerprint density at radius 1 is 1.03 bits per heavy atom. The molecule has 2 aliphatic rings. The van der Waals surface area contributed by atoms with E-state index in [4.69, 9.17) is 14.6 Å². The van der Waals surface area contributed by atoms with Gasteiger partial charge >= 0.3 is 12.1 Å². The first-order valence-corrected chi connectivity index (χ1v) is 10.8. The molecule has 0 radical (unpaired) electrons. The van der Waals surface area contributed by atoms with Crippen LogP contribution < -0.4 is 10.6 Å². The number of rotatable bonds is 8. The van der Waals surface area contributed by atoms with E-state index in [0.717, 1.165) is 22.3 Å². The van der Waals surface area contributed by atoms with Gasteiger partial charge in [-0.1, -0.05) is 48.5 Å². The van der Waals surface area contributed by atoms with E-state index in [2.05, 4.69) is 22.8 Å². The molecule has 2 aromatic carbocycles. The topological polar surface area (TPSA) is 134 Å². The fraction of sp³-hybridized carbons (Fsp3) is 0.375. The molecule has 0 saturated carbocycles. The molecule has 33 heavy (non-hydrogen) atoms. The van der Waals surface area contributed by atoms with Crippen LogP contribution in [-0.4, -0.2) is 66.7 Å². The van der Waals surface area contributed by atoms with E-state index in [1.165, 1.54) is 0 Å². The van der Waals surface area contributed by atoms with E-state index in [1.54, 1.807) is 0 Å². The highest BCUT2D eigenvalue weighted by atomic mass is 16.5. The third kappa shape index (κ3) is 5.15. The summed E-state index contributed by atoms with van der Waals surface area (Å²) >= 11 is 0. The van der Waals surface area contributed by atoms with Gasteiger partial charge < -0.3 is 30.3 Å². The summed E-state index contributed by atoms with van der Waals surface area (Å²) in [7, 11) is 0. The van der Waals surface area contributed by atoms with E-state index < -0.39 is 24.1 Å². The molecule has 1 fully saturated rings. The molecule has 9 heteroatoms. The second-order valence-corrected chi connectivity index (χ2v) is 8.19. The van der Waals surface area contributed by atoms with Crippen LogP contribution in [0.5, 0.6) is 0 Å². The lowest BCUT2D eigenvalue weighted by atomic mass is 9.98. The zero-order valence-corrected chi connectivity index (χ0v) is 17.9. The maximum absolute atomic E-state index is 12.3.